The number of hydrogen-bond donors (Lipinski definition) is 1. The van der Waals surface area contributed by atoms with Crippen molar-refractivity contribution in [3.05, 3.63) is 53.7 Å². The second-order valence-electron chi connectivity index (χ2n) is 7.06. The number of carbonyl (C=O) groups is 2. The number of pyridine rings is 1. The molecule has 2 amide bonds. The molecule has 2 heterocycles. The Hall–Kier alpha value is -3.14. The highest BCUT2D eigenvalue weighted by atomic mass is 19.4. The summed E-state index contributed by atoms with van der Waals surface area (Å²) in [6.07, 6.45) is -2.45. The third-order valence-corrected chi connectivity index (χ3v) is 4.92. The first-order chi connectivity index (χ1) is 14.8. The molecule has 1 aromatic carbocycles. The summed E-state index contributed by atoms with van der Waals surface area (Å²) in [5.41, 5.74) is -1.15. The quantitative estimate of drug-likeness (QED) is 0.780. The van der Waals surface area contributed by atoms with E-state index in [4.69, 9.17) is 4.74 Å². The summed E-state index contributed by atoms with van der Waals surface area (Å²) < 4.78 is 44.3. The van der Waals surface area contributed by atoms with Crippen LogP contribution in [0, 0.1) is 0 Å². The summed E-state index contributed by atoms with van der Waals surface area (Å²) in [5.74, 6) is -0.256. The van der Waals surface area contributed by atoms with Crippen LogP contribution >= 0.6 is 0 Å². The van der Waals surface area contributed by atoms with E-state index in [1.165, 1.54) is 25.4 Å². The summed E-state index contributed by atoms with van der Waals surface area (Å²) >= 11 is 0. The van der Waals surface area contributed by atoms with E-state index in [2.05, 4.69) is 10.3 Å². The molecule has 1 aliphatic heterocycles. The molecule has 166 valence electrons. The fourth-order valence-electron chi connectivity index (χ4n) is 3.38. The molecule has 1 N–H and O–H groups in total. The lowest BCUT2D eigenvalue weighted by Gasteiger charge is -2.23. The van der Waals surface area contributed by atoms with E-state index in [1.807, 2.05) is 4.90 Å². The molecule has 0 radical (unpaired) electrons. The van der Waals surface area contributed by atoms with Crippen molar-refractivity contribution in [2.24, 2.45) is 0 Å². The van der Waals surface area contributed by atoms with Crippen LogP contribution < -0.4 is 10.2 Å². The molecule has 0 saturated carbocycles. The minimum Gasteiger partial charge on any atom is -0.375 e. The Bertz CT molecular complexity index is 919. The second-order valence-corrected chi connectivity index (χ2v) is 7.06. The Morgan fingerprint density at radius 1 is 1.10 bits per heavy atom. The van der Waals surface area contributed by atoms with Crippen molar-refractivity contribution in [1.29, 1.82) is 0 Å². The van der Waals surface area contributed by atoms with E-state index in [1.54, 1.807) is 17.0 Å². The predicted molar refractivity (Wildman–Crippen MR) is 109 cm³/mol. The monoisotopic (exact) mass is 436 g/mol. The molecule has 1 aliphatic rings. The van der Waals surface area contributed by atoms with E-state index in [-0.39, 0.29) is 18.2 Å². The molecule has 1 saturated heterocycles. The number of methoxy groups -OCH3 is 1. The lowest BCUT2D eigenvalue weighted by atomic mass is 10.1. The number of carbonyl (C=O) groups excluding carboxylic acids is 2. The summed E-state index contributed by atoms with van der Waals surface area (Å²) in [5, 5.41) is 2.46. The molecule has 1 aromatic heterocycles. The highest BCUT2D eigenvalue weighted by molar-refractivity contribution is 6.05. The van der Waals surface area contributed by atoms with Crippen LogP contribution in [-0.4, -0.2) is 61.6 Å². The molecule has 0 unspecified atom stereocenters. The fraction of sp³-hybridized carbons (Fsp3) is 0.381. The maximum Gasteiger partial charge on any atom is 0.417 e. The van der Waals surface area contributed by atoms with E-state index >= 15 is 0 Å². The normalized spacial score (nSPS) is 14.8. The molecular formula is C21H23F3N4O3. The molecule has 31 heavy (non-hydrogen) atoms. The third kappa shape index (κ3) is 5.72. The van der Waals surface area contributed by atoms with Gasteiger partial charge in [0, 0.05) is 33.3 Å². The van der Waals surface area contributed by atoms with E-state index in [0.717, 1.165) is 18.6 Å². The zero-order valence-corrected chi connectivity index (χ0v) is 17.0. The first-order valence-electron chi connectivity index (χ1n) is 9.75. The van der Waals surface area contributed by atoms with E-state index in [9.17, 15) is 22.8 Å². The Morgan fingerprint density at radius 2 is 1.87 bits per heavy atom. The number of halogens is 3. The molecular weight excluding hydrogens is 413 g/mol. The van der Waals surface area contributed by atoms with Gasteiger partial charge >= 0.3 is 6.18 Å². The number of aromatic nitrogens is 1. The van der Waals surface area contributed by atoms with Gasteiger partial charge in [-0.15, -0.1) is 0 Å². The second kappa shape index (κ2) is 9.78. The topological polar surface area (TPSA) is 74.8 Å². The number of ether oxygens (including phenoxy) is 1. The van der Waals surface area contributed by atoms with Gasteiger partial charge in [0.1, 0.15) is 12.4 Å². The number of amides is 2. The van der Waals surface area contributed by atoms with Crippen molar-refractivity contribution >= 4 is 23.3 Å². The Morgan fingerprint density at radius 3 is 2.55 bits per heavy atom. The minimum atomic E-state index is -4.62. The fourth-order valence-corrected chi connectivity index (χ4v) is 3.38. The molecule has 0 atom stereocenters. The lowest BCUT2D eigenvalue weighted by Crippen LogP contribution is -2.37. The van der Waals surface area contributed by atoms with Crippen LogP contribution in [0.15, 0.2) is 42.6 Å². The van der Waals surface area contributed by atoms with Gasteiger partial charge in [0.25, 0.3) is 5.91 Å². The Labute approximate surface area is 177 Å². The average molecular weight is 436 g/mol. The van der Waals surface area contributed by atoms with Gasteiger partial charge in [0.15, 0.2) is 0 Å². The molecule has 7 nitrogen and oxygen atoms in total. The maximum absolute atomic E-state index is 13.1. The van der Waals surface area contributed by atoms with E-state index < -0.39 is 23.2 Å². The number of benzene rings is 1. The van der Waals surface area contributed by atoms with Gasteiger partial charge in [-0.2, -0.15) is 13.2 Å². The first-order valence-corrected chi connectivity index (χ1v) is 9.75. The Kier molecular flexibility index (Phi) is 7.11. The van der Waals surface area contributed by atoms with Crippen molar-refractivity contribution in [2.45, 2.75) is 12.6 Å². The lowest BCUT2D eigenvalue weighted by molar-refractivity contribution is -0.138. The van der Waals surface area contributed by atoms with Gasteiger partial charge in [-0.25, -0.2) is 4.98 Å². The first kappa shape index (κ1) is 22.5. The molecule has 2 aromatic rings. The summed E-state index contributed by atoms with van der Waals surface area (Å²) in [6.45, 7) is 2.51. The Balaban J connectivity index is 1.65. The summed E-state index contributed by atoms with van der Waals surface area (Å²) in [7, 11) is 1.48. The highest BCUT2D eigenvalue weighted by Crippen LogP contribution is 2.32. The van der Waals surface area contributed by atoms with Gasteiger partial charge in [-0.05, 0) is 30.7 Å². The van der Waals surface area contributed by atoms with Gasteiger partial charge < -0.3 is 19.9 Å². The molecule has 0 bridgehead atoms. The van der Waals surface area contributed by atoms with Crippen molar-refractivity contribution in [2.75, 3.05) is 50.1 Å². The predicted octanol–water partition coefficient (Wildman–Crippen LogP) is 3.04. The minimum absolute atomic E-state index is 0.0457. The number of anilines is 2. The molecule has 3 rings (SSSR count). The number of alkyl halides is 3. The van der Waals surface area contributed by atoms with Gasteiger partial charge in [0.05, 0.1) is 23.0 Å². The third-order valence-electron chi connectivity index (χ3n) is 4.92. The molecule has 10 heteroatoms. The zero-order valence-electron chi connectivity index (χ0n) is 17.0. The van der Waals surface area contributed by atoms with Crippen LogP contribution in [0.25, 0.3) is 0 Å². The standard InChI is InChI=1S/C21H23F3N4O3/c1-31-14-19(29)28-10-4-9-27(11-12-28)18-8-7-15(13-25-18)26-20(30)16-5-2-3-6-17(16)21(22,23)24/h2-3,5-8,13H,4,9-12,14H2,1H3,(H,26,30). The average Bonchev–Trinajstić information content (AvgIpc) is 3.00. The molecule has 0 spiro atoms. The van der Waals surface area contributed by atoms with Crippen molar-refractivity contribution in [3.63, 3.8) is 0 Å². The van der Waals surface area contributed by atoms with Crippen LogP contribution in [0.3, 0.4) is 0 Å². The van der Waals surface area contributed by atoms with Gasteiger partial charge in [0.2, 0.25) is 5.91 Å². The summed E-state index contributed by atoms with van der Waals surface area (Å²) in [4.78, 5) is 32.5. The van der Waals surface area contributed by atoms with Crippen molar-refractivity contribution < 1.29 is 27.5 Å². The number of rotatable bonds is 5. The smallest absolute Gasteiger partial charge is 0.375 e. The number of nitrogens with one attached hydrogen (secondary N) is 1. The summed E-state index contributed by atoms with van der Waals surface area (Å²) in [6, 6.07) is 7.91. The van der Waals surface area contributed by atoms with Crippen LogP contribution in [0.2, 0.25) is 0 Å². The molecule has 1 fully saturated rings. The van der Waals surface area contributed by atoms with Gasteiger partial charge in [-0.1, -0.05) is 12.1 Å². The maximum atomic E-state index is 13.1. The number of hydrogen-bond acceptors (Lipinski definition) is 5. The highest BCUT2D eigenvalue weighted by Gasteiger charge is 2.34. The molecule has 0 aliphatic carbocycles. The zero-order chi connectivity index (χ0) is 22.4. The van der Waals surface area contributed by atoms with Crippen LogP contribution in [-0.2, 0) is 15.7 Å². The van der Waals surface area contributed by atoms with Crippen molar-refractivity contribution in [3.8, 4) is 0 Å². The van der Waals surface area contributed by atoms with Crippen LogP contribution in [0.4, 0.5) is 24.7 Å². The van der Waals surface area contributed by atoms with Crippen LogP contribution in [0.1, 0.15) is 22.3 Å². The van der Waals surface area contributed by atoms with Crippen molar-refractivity contribution in [1.82, 2.24) is 9.88 Å². The van der Waals surface area contributed by atoms with E-state index in [0.29, 0.717) is 32.0 Å². The largest absolute Gasteiger partial charge is 0.417 e. The SMILES string of the molecule is COCC(=O)N1CCCN(c2ccc(NC(=O)c3ccccc3C(F)(F)F)cn2)CC1. The number of nitrogens with zero attached hydrogens (tertiary/aromatic N) is 3. The van der Waals surface area contributed by atoms with Crippen LogP contribution in [0.5, 0.6) is 0 Å². The van der Waals surface area contributed by atoms with Gasteiger partial charge in [-0.3, -0.25) is 9.59 Å².